The van der Waals surface area contributed by atoms with Gasteiger partial charge in [0.1, 0.15) is 0 Å². The standard InChI is InChI=1S/C14H14O/c1-11-7-8-14(13(9-11)10-15)12-5-3-2-4-6-12/h2-9,15H,10H2,1H3. The summed E-state index contributed by atoms with van der Waals surface area (Å²) in [6, 6.07) is 16.3. The third-order valence-electron chi connectivity index (χ3n) is 2.52. The van der Waals surface area contributed by atoms with Crippen LogP contribution in [0.15, 0.2) is 48.5 Å². The average Bonchev–Trinajstić information content (AvgIpc) is 2.30. The van der Waals surface area contributed by atoms with Crippen LogP contribution in [0.2, 0.25) is 0 Å². The zero-order valence-electron chi connectivity index (χ0n) is 8.77. The molecule has 0 unspecified atom stereocenters. The molecule has 1 heteroatoms. The summed E-state index contributed by atoms with van der Waals surface area (Å²) in [6.07, 6.45) is 0. The Bertz CT molecular complexity index is 446. The lowest BCUT2D eigenvalue weighted by Gasteiger charge is -2.08. The Morgan fingerprint density at radius 1 is 1.00 bits per heavy atom. The van der Waals surface area contributed by atoms with Crippen LogP contribution in [0.25, 0.3) is 11.1 Å². The van der Waals surface area contributed by atoms with Gasteiger partial charge in [-0.15, -0.1) is 0 Å². The van der Waals surface area contributed by atoms with Crippen molar-refractivity contribution >= 4 is 0 Å². The molecule has 2 rings (SSSR count). The van der Waals surface area contributed by atoms with E-state index in [2.05, 4.69) is 24.3 Å². The van der Waals surface area contributed by atoms with E-state index < -0.39 is 0 Å². The Labute approximate surface area is 90.0 Å². The predicted octanol–water partition coefficient (Wildman–Crippen LogP) is 3.15. The SMILES string of the molecule is Cc1ccc(-c2ccccc2)c(CO)c1. The normalized spacial score (nSPS) is 10.3. The van der Waals surface area contributed by atoms with Crippen LogP contribution in [0.4, 0.5) is 0 Å². The van der Waals surface area contributed by atoms with E-state index in [9.17, 15) is 5.11 Å². The average molecular weight is 198 g/mol. The minimum absolute atomic E-state index is 0.0892. The smallest absolute Gasteiger partial charge is 0.0687 e. The molecule has 1 N–H and O–H groups in total. The zero-order valence-corrected chi connectivity index (χ0v) is 8.77. The van der Waals surface area contributed by atoms with Crippen molar-refractivity contribution in [1.82, 2.24) is 0 Å². The molecule has 0 saturated heterocycles. The Balaban J connectivity index is 2.53. The number of aliphatic hydroxyl groups is 1. The number of rotatable bonds is 2. The molecule has 2 aromatic carbocycles. The summed E-state index contributed by atoms with van der Waals surface area (Å²) in [6.45, 7) is 2.12. The van der Waals surface area contributed by atoms with E-state index in [0.29, 0.717) is 0 Å². The van der Waals surface area contributed by atoms with Crippen molar-refractivity contribution in [2.45, 2.75) is 13.5 Å². The first-order valence-electron chi connectivity index (χ1n) is 5.07. The highest BCUT2D eigenvalue weighted by Gasteiger charge is 2.03. The highest BCUT2D eigenvalue weighted by molar-refractivity contribution is 5.67. The highest BCUT2D eigenvalue weighted by Crippen LogP contribution is 2.24. The lowest BCUT2D eigenvalue weighted by molar-refractivity contribution is 0.282. The number of aliphatic hydroxyl groups excluding tert-OH is 1. The number of hydrogen-bond donors (Lipinski definition) is 1. The maximum Gasteiger partial charge on any atom is 0.0687 e. The summed E-state index contributed by atoms with van der Waals surface area (Å²) < 4.78 is 0. The van der Waals surface area contributed by atoms with Gasteiger partial charge in [-0.25, -0.2) is 0 Å². The lowest BCUT2D eigenvalue weighted by atomic mass is 9.98. The van der Waals surface area contributed by atoms with Gasteiger partial charge in [-0.05, 0) is 23.6 Å². The topological polar surface area (TPSA) is 20.2 Å². The molecule has 0 fully saturated rings. The highest BCUT2D eigenvalue weighted by atomic mass is 16.3. The van der Waals surface area contributed by atoms with E-state index in [-0.39, 0.29) is 6.61 Å². The summed E-state index contributed by atoms with van der Waals surface area (Å²) in [4.78, 5) is 0. The van der Waals surface area contributed by atoms with Crippen LogP contribution < -0.4 is 0 Å². The van der Waals surface area contributed by atoms with E-state index in [4.69, 9.17) is 0 Å². The van der Waals surface area contributed by atoms with E-state index in [1.165, 1.54) is 5.56 Å². The van der Waals surface area contributed by atoms with Crippen molar-refractivity contribution in [1.29, 1.82) is 0 Å². The van der Waals surface area contributed by atoms with Gasteiger partial charge in [0.25, 0.3) is 0 Å². The first kappa shape index (κ1) is 9.94. The molecule has 15 heavy (non-hydrogen) atoms. The van der Waals surface area contributed by atoms with Crippen molar-refractivity contribution in [3.63, 3.8) is 0 Å². The van der Waals surface area contributed by atoms with E-state index in [1.807, 2.05) is 31.2 Å². The second kappa shape index (κ2) is 4.28. The second-order valence-corrected chi connectivity index (χ2v) is 3.68. The molecule has 0 aliphatic carbocycles. The van der Waals surface area contributed by atoms with Gasteiger partial charge >= 0.3 is 0 Å². The van der Waals surface area contributed by atoms with Crippen LogP contribution in [-0.4, -0.2) is 5.11 Å². The van der Waals surface area contributed by atoms with Gasteiger partial charge < -0.3 is 5.11 Å². The molecule has 0 bridgehead atoms. The molecule has 0 radical (unpaired) electrons. The second-order valence-electron chi connectivity index (χ2n) is 3.68. The Kier molecular flexibility index (Phi) is 2.84. The molecule has 0 aliphatic rings. The Hall–Kier alpha value is -1.60. The van der Waals surface area contributed by atoms with Crippen molar-refractivity contribution in [2.75, 3.05) is 0 Å². The van der Waals surface area contributed by atoms with E-state index in [1.54, 1.807) is 0 Å². The molecule has 76 valence electrons. The fourth-order valence-electron chi connectivity index (χ4n) is 1.75. The number of hydrogen-bond acceptors (Lipinski definition) is 1. The maximum atomic E-state index is 9.30. The molecule has 2 aromatic rings. The third kappa shape index (κ3) is 2.08. The Morgan fingerprint density at radius 2 is 1.73 bits per heavy atom. The van der Waals surface area contributed by atoms with Gasteiger partial charge in [0, 0.05) is 0 Å². The molecule has 0 aromatic heterocycles. The van der Waals surface area contributed by atoms with Crippen molar-refractivity contribution in [2.24, 2.45) is 0 Å². The summed E-state index contributed by atoms with van der Waals surface area (Å²) in [5.41, 5.74) is 4.44. The summed E-state index contributed by atoms with van der Waals surface area (Å²) in [5, 5.41) is 9.30. The molecular weight excluding hydrogens is 184 g/mol. The molecule has 0 amide bonds. The summed E-state index contributed by atoms with van der Waals surface area (Å²) >= 11 is 0. The Morgan fingerprint density at radius 3 is 2.40 bits per heavy atom. The summed E-state index contributed by atoms with van der Waals surface area (Å²) in [5.74, 6) is 0. The first-order chi connectivity index (χ1) is 7.31. The predicted molar refractivity (Wildman–Crippen MR) is 62.5 cm³/mol. The first-order valence-corrected chi connectivity index (χ1v) is 5.07. The number of aryl methyl sites for hydroxylation is 1. The van der Waals surface area contributed by atoms with Crippen molar-refractivity contribution < 1.29 is 5.11 Å². The van der Waals surface area contributed by atoms with Gasteiger partial charge in [-0.3, -0.25) is 0 Å². The lowest BCUT2D eigenvalue weighted by Crippen LogP contribution is -1.90. The monoisotopic (exact) mass is 198 g/mol. The molecule has 0 aliphatic heterocycles. The van der Waals surface area contributed by atoms with E-state index >= 15 is 0 Å². The number of benzene rings is 2. The quantitative estimate of drug-likeness (QED) is 0.786. The molecule has 1 nitrogen and oxygen atoms in total. The maximum absolute atomic E-state index is 9.30. The minimum Gasteiger partial charge on any atom is -0.392 e. The fourth-order valence-corrected chi connectivity index (χ4v) is 1.75. The van der Waals surface area contributed by atoms with Gasteiger partial charge in [0.15, 0.2) is 0 Å². The minimum atomic E-state index is 0.0892. The summed E-state index contributed by atoms with van der Waals surface area (Å²) in [7, 11) is 0. The van der Waals surface area contributed by atoms with Crippen molar-refractivity contribution in [3.8, 4) is 11.1 Å². The van der Waals surface area contributed by atoms with Crippen molar-refractivity contribution in [3.05, 3.63) is 59.7 Å². The van der Waals surface area contributed by atoms with Gasteiger partial charge in [0.2, 0.25) is 0 Å². The fraction of sp³-hybridized carbons (Fsp3) is 0.143. The van der Waals surface area contributed by atoms with Crippen LogP contribution in [0.1, 0.15) is 11.1 Å². The molecule has 0 saturated carbocycles. The van der Waals surface area contributed by atoms with E-state index in [0.717, 1.165) is 16.7 Å². The van der Waals surface area contributed by atoms with Crippen LogP contribution >= 0.6 is 0 Å². The zero-order chi connectivity index (χ0) is 10.7. The van der Waals surface area contributed by atoms with Gasteiger partial charge in [-0.2, -0.15) is 0 Å². The molecule has 0 heterocycles. The molecular formula is C14H14O. The molecule has 0 atom stereocenters. The third-order valence-corrected chi connectivity index (χ3v) is 2.52. The largest absolute Gasteiger partial charge is 0.392 e. The van der Waals surface area contributed by atoms with Crippen LogP contribution in [-0.2, 0) is 6.61 Å². The van der Waals surface area contributed by atoms with Crippen LogP contribution in [0, 0.1) is 6.92 Å². The molecule has 0 spiro atoms. The van der Waals surface area contributed by atoms with Gasteiger partial charge in [0.05, 0.1) is 6.61 Å². The van der Waals surface area contributed by atoms with Crippen LogP contribution in [0.5, 0.6) is 0 Å². The van der Waals surface area contributed by atoms with Crippen LogP contribution in [0.3, 0.4) is 0 Å². The van der Waals surface area contributed by atoms with Gasteiger partial charge in [-0.1, -0.05) is 54.1 Å².